The van der Waals surface area contributed by atoms with Crippen LogP contribution in [0.3, 0.4) is 0 Å². The lowest BCUT2D eigenvalue weighted by Crippen LogP contribution is -1.82. The van der Waals surface area contributed by atoms with E-state index < -0.39 is 0 Å². The molecule has 0 rings (SSSR count). The van der Waals surface area contributed by atoms with Gasteiger partial charge in [0.05, 0.1) is 0 Å². The Labute approximate surface area is 122 Å². The maximum atomic E-state index is 10.7. The molecular weight excluding hydrogens is 248 g/mol. The highest BCUT2D eigenvalue weighted by Crippen LogP contribution is 2.06. The van der Waals surface area contributed by atoms with Crippen molar-refractivity contribution in [2.45, 2.75) is 51.4 Å². The molecule has 0 atom stereocenters. The van der Waals surface area contributed by atoms with Gasteiger partial charge in [-0.3, -0.25) is 4.79 Å². The Kier molecular flexibility index (Phi) is 13.5. The Bertz CT molecular complexity index is 436. The van der Waals surface area contributed by atoms with E-state index in [-0.39, 0.29) is 5.78 Å². The van der Waals surface area contributed by atoms with Crippen LogP contribution in [0.2, 0.25) is 0 Å². The van der Waals surface area contributed by atoms with Gasteiger partial charge >= 0.3 is 0 Å². The largest absolute Gasteiger partial charge is 0.303 e. The van der Waals surface area contributed by atoms with Gasteiger partial charge in [-0.2, -0.15) is 0 Å². The highest BCUT2D eigenvalue weighted by atomic mass is 16.1. The first kappa shape index (κ1) is 17.9. The average molecular weight is 270 g/mol. The van der Waals surface area contributed by atoms with Crippen LogP contribution in [-0.4, -0.2) is 12.1 Å². The molecule has 0 radical (unpaired) electrons. The summed E-state index contributed by atoms with van der Waals surface area (Å²) in [6.07, 6.45) is 14.5. The Hall–Kier alpha value is -2.06. The van der Waals surface area contributed by atoms with Crippen molar-refractivity contribution in [1.29, 1.82) is 0 Å². The molecule has 0 amide bonds. The summed E-state index contributed by atoms with van der Waals surface area (Å²) in [7, 11) is 0. The van der Waals surface area contributed by atoms with E-state index in [1.54, 1.807) is 0 Å². The molecule has 0 spiro atoms. The van der Waals surface area contributed by atoms with Crippen molar-refractivity contribution in [1.82, 2.24) is 0 Å². The molecule has 106 valence electrons. The first-order valence-electron chi connectivity index (χ1n) is 7.05. The summed E-state index contributed by atoms with van der Waals surface area (Å²) in [5.41, 5.74) is 0. The lowest BCUT2D eigenvalue weighted by molar-refractivity contribution is -0.109. The van der Waals surface area contributed by atoms with Crippen LogP contribution in [0.4, 0.5) is 0 Å². The number of hydrogen-bond donors (Lipinski definition) is 0. The molecule has 0 aromatic carbocycles. The van der Waals surface area contributed by atoms with Gasteiger partial charge in [-0.1, -0.05) is 43.9 Å². The van der Waals surface area contributed by atoms with Crippen LogP contribution >= 0.6 is 0 Å². The van der Waals surface area contributed by atoms with Crippen molar-refractivity contribution in [2.75, 3.05) is 0 Å². The first-order chi connectivity index (χ1) is 9.81. The van der Waals surface area contributed by atoms with Gasteiger partial charge in [-0.25, -0.2) is 0 Å². The van der Waals surface area contributed by atoms with Crippen LogP contribution in [0.25, 0.3) is 0 Å². The summed E-state index contributed by atoms with van der Waals surface area (Å²) in [5, 5.41) is 0. The van der Waals surface area contributed by atoms with Gasteiger partial charge < -0.3 is 4.79 Å². The zero-order chi connectivity index (χ0) is 14.9. The molecule has 0 heterocycles. The lowest BCUT2D eigenvalue weighted by Gasteiger charge is -1.96. The highest BCUT2D eigenvalue weighted by molar-refractivity contribution is 6.04. The molecule has 20 heavy (non-hydrogen) atoms. The van der Waals surface area contributed by atoms with Crippen molar-refractivity contribution in [3.8, 4) is 23.7 Å². The Balaban J connectivity index is 3.46. The molecule has 0 aliphatic rings. The third kappa shape index (κ3) is 14.0. The third-order valence-corrected chi connectivity index (χ3v) is 2.60. The number of carbonyl (C=O) groups excluding carboxylic acids is 2. The van der Waals surface area contributed by atoms with Gasteiger partial charge in [0.2, 0.25) is 5.78 Å². The minimum atomic E-state index is -0.303. The van der Waals surface area contributed by atoms with E-state index in [4.69, 9.17) is 0 Å². The van der Waals surface area contributed by atoms with Crippen LogP contribution in [0.15, 0.2) is 24.8 Å². The van der Waals surface area contributed by atoms with Crippen molar-refractivity contribution in [3.05, 3.63) is 24.8 Å². The first-order valence-corrected chi connectivity index (χ1v) is 7.05. The van der Waals surface area contributed by atoms with Crippen molar-refractivity contribution in [2.24, 2.45) is 0 Å². The van der Waals surface area contributed by atoms with Crippen molar-refractivity contribution in [3.63, 3.8) is 0 Å². The second kappa shape index (κ2) is 15.0. The summed E-state index contributed by atoms with van der Waals surface area (Å²) < 4.78 is 0. The lowest BCUT2D eigenvalue weighted by atomic mass is 10.1. The van der Waals surface area contributed by atoms with Crippen LogP contribution in [0.5, 0.6) is 0 Å². The van der Waals surface area contributed by atoms with Crippen LogP contribution in [-0.2, 0) is 9.59 Å². The summed E-state index contributed by atoms with van der Waals surface area (Å²) in [6, 6.07) is 0. The number of unbranched alkanes of at least 4 members (excludes halogenated alkanes) is 6. The Morgan fingerprint density at radius 3 is 2.35 bits per heavy atom. The predicted octanol–water partition coefficient (Wildman–Crippen LogP) is 3.62. The fourth-order valence-corrected chi connectivity index (χ4v) is 1.52. The fourth-order valence-electron chi connectivity index (χ4n) is 1.52. The number of ketones is 1. The molecule has 0 fully saturated rings. The number of rotatable bonds is 10. The van der Waals surface area contributed by atoms with Crippen LogP contribution in [0, 0.1) is 23.7 Å². The van der Waals surface area contributed by atoms with E-state index in [1.807, 2.05) is 6.08 Å². The van der Waals surface area contributed by atoms with Gasteiger partial charge in [-0.15, -0.1) is 0 Å². The van der Waals surface area contributed by atoms with Crippen LogP contribution < -0.4 is 0 Å². The molecule has 0 bridgehead atoms. The van der Waals surface area contributed by atoms with E-state index in [2.05, 4.69) is 36.3 Å². The molecule has 0 aromatic rings. The Morgan fingerprint density at radius 1 is 0.950 bits per heavy atom. The maximum absolute atomic E-state index is 10.7. The molecule has 0 unspecified atom stereocenters. The summed E-state index contributed by atoms with van der Waals surface area (Å²) >= 11 is 0. The predicted molar refractivity (Wildman–Crippen MR) is 82.9 cm³/mol. The molecule has 2 heteroatoms. The molecule has 0 aliphatic heterocycles. The second-order valence-corrected chi connectivity index (χ2v) is 4.31. The zero-order valence-electron chi connectivity index (χ0n) is 12.0. The summed E-state index contributed by atoms with van der Waals surface area (Å²) in [5.74, 6) is 10.0. The fraction of sp³-hybridized carbons (Fsp3) is 0.444. The van der Waals surface area contributed by atoms with Gasteiger partial charge in [0.25, 0.3) is 0 Å². The number of allylic oxidation sites excluding steroid dienone is 3. The number of hydrogen-bond acceptors (Lipinski definition) is 2. The maximum Gasteiger partial charge on any atom is 0.229 e. The van der Waals surface area contributed by atoms with E-state index in [0.717, 1.165) is 25.5 Å². The average Bonchev–Trinajstić information content (AvgIpc) is 2.47. The normalized spacial score (nSPS) is 9.20. The second-order valence-electron chi connectivity index (χ2n) is 4.31. The minimum absolute atomic E-state index is 0.303. The standard InChI is InChI=1S/C18H22O2/c1-2-18(20)16-14-12-10-8-6-4-3-5-7-9-11-13-15-17-19/h2,4,6,17H,1,3,5,7-9,11,13,15H2/b6-4-. The van der Waals surface area contributed by atoms with Gasteiger partial charge in [0, 0.05) is 12.8 Å². The summed E-state index contributed by atoms with van der Waals surface area (Å²) in [6.45, 7) is 3.32. The van der Waals surface area contributed by atoms with E-state index in [0.29, 0.717) is 12.8 Å². The molecule has 2 nitrogen and oxygen atoms in total. The molecule has 0 saturated heterocycles. The van der Waals surface area contributed by atoms with Crippen LogP contribution in [0.1, 0.15) is 51.4 Å². The van der Waals surface area contributed by atoms with Crippen molar-refractivity contribution < 1.29 is 9.59 Å². The minimum Gasteiger partial charge on any atom is -0.303 e. The van der Waals surface area contributed by atoms with Crippen molar-refractivity contribution >= 4 is 12.1 Å². The number of carbonyl (C=O) groups is 2. The highest BCUT2D eigenvalue weighted by Gasteiger charge is 1.89. The molecule has 0 aliphatic carbocycles. The molecule has 0 saturated carbocycles. The third-order valence-electron chi connectivity index (χ3n) is 2.60. The topological polar surface area (TPSA) is 34.1 Å². The monoisotopic (exact) mass is 270 g/mol. The van der Waals surface area contributed by atoms with E-state index >= 15 is 0 Å². The van der Waals surface area contributed by atoms with E-state index in [9.17, 15) is 9.59 Å². The van der Waals surface area contributed by atoms with Gasteiger partial charge in [0.1, 0.15) is 6.29 Å². The molecule has 0 aromatic heterocycles. The van der Waals surface area contributed by atoms with Gasteiger partial charge in [-0.05, 0) is 43.1 Å². The van der Waals surface area contributed by atoms with Gasteiger partial charge in [0.15, 0.2) is 0 Å². The smallest absolute Gasteiger partial charge is 0.229 e. The SMILES string of the molecule is C=CC(=O)C#CC#CC/C=C\CCCCCCCC=O. The zero-order valence-corrected chi connectivity index (χ0v) is 12.0. The molecule has 0 N–H and O–H groups in total. The Morgan fingerprint density at radius 2 is 1.65 bits per heavy atom. The molecular formula is C18H22O2. The number of aldehydes is 1. The quantitative estimate of drug-likeness (QED) is 0.152. The van der Waals surface area contributed by atoms with E-state index in [1.165, 1.54) is 25.3 Å². The summed E-state index contributed by atoms with van der Waals surface area (Å²) in [4.78, 5) is 20.8.